The van der Waals surface area contributed by atoms with Crippen molar-refractivity contribution in [2.75, 3.05) is 18.1 Å². The summed E-state index contributed by atoms with van der Waals surface area (Å²) in [5, 5.41) is 0.704. The predicted molar refractivity (Wildman–Crippen MR) is 123 cm³/mol. The molecule has 11 heteroatoms. The average molecular weight is 488 g/mol. The van der Waals surface area contributed by atoms with E-state index in [9.17, 15) is 22.8 Å². The molecule has 1 amide bonds. The third-order valence-electron chi connectivity index (χ3n) is 6.61. The number of aromatic nitrogens is 2. The van der Waals surface area contributed by atoms with E-state index >= 15 is 0 Å². The standard InChI is InChI=1S/C23H25N3O7S/c27-19(26(15-5-1-2-6-15)16-9-10-34(30,31)13-16)12-32-20(28)11-25-14-24-21-17-7-3-4-8-18(17)33-22(21)23(25)29/h3-4,7-8,14-16H,1-2,5-6,9-13H2. The number of hydrogen-bond donors (Lipinski definition) is 0. The summed E-state index contributed by atoms with van der Waals surface area (Å²) in [5.41, 5.74) is 0.462. The van der Waals surface area contributed by atoms with Crippen molar-refractivity contribution in [3.63, 3.8) is 0 Å². The van der Waals surface area contributed by atoms with E-state index < -0.39 is 40.4 Å². The molecular weight excluding hydrogens is 462 g/mol. The van der Waals surface area contributed by atoms with Gasteiger partial charge in [-0.15, -0.1) is 0 Å². The number of ether oxygens (including phenoxy) is 1. The van der Waals surface area contributed by atoms with E-state index in [-0.39, 0.29) is 29.2 Å². The van der Waals surface area contributed by atoms with Crippen molar-refractivity contribution in [1.29, 1.82) is 0 Å². The van der Waals surface area contributed by atoms with Gasteiger partial charge in [0.25, 0.3) is 11.5 Å². The minimum atomic E-state index is -3.16. The lowest BCUT2D eigenvalue weighted by molar-refractivity contribution is -0.154. The molecule has 0 radical (unpaired) electrons. The number of sulfone groups is 1. The topological polar surface area (TPSA) is 129 Å². The van der Waals surface area contributed by atoms with Crippen LogP contribution < -0.4 is 5.56 Å². The Bertz CT molecular complexity index is 1420. The van der Waals surface area contributed by atoms with E-state index in [4.69, 9.17) is 9.15 Å². The number of nitrogens with zero attached hydrogens (tertiary/aromatic N) is 3. The Labute approximate surface area is 195 Å². The summed E-state index contributed by atoms with van der Waals surface area (Å²) in [4.78, 5) is 44.1. The summed E-state index contributed by atoms with van der Waals surface area (Å²) in [6.07, 6.45) is 5.24. The van der Waals surface area contributed by atoms with Gasteiger partial charge in [0.05, 0.1) is 17.8 Å². The van der Waals surface area contributed by atoms with Crippen LogP contribution in [-0.2, 0) is 30.7 Å². The molecule has 1 saturated carbocycles. The summed E-state index contributed by atoms with van der Waals surface area (Å²) >= 11 is 0. The summed E-state index contributed by atoms with van der Waals surface area (Å²) in [7, 11) is -3.16. The molecule has 0 spiro atoms. The minimum absolute atomic E-state index is 0.0354. The number of para-hydroxylation sites is 1. The molecule has 1 saturated heterocycles. The fourth-order valence-corrected chi connectivity index (χ4v) is 6.72. The third kappa shape index (κ3) is 4.31. The van der Waals surface area contributed by atoms with E-state index in [1.807, 2.05) is 6.07 Å². The van der Waals surface area contributed by atoms with Crippen LogP contribution >= 0.6 is 0 Å². The monoisotopic (exact) mass is 487 g/mol. The van der Waals surface area contributed by atoms with Crippen molar-refractivity contribution >= 4 is 43.8 Å². The van der Waals surface area contributed by atoms with Gasteiger partial charge >= 0.3 is 5.97 Å². The molecule has 3 aromatic rings. The van der Waals surface area contributed by atoms with E-state index in [2.05, 4.69) is 4.98 Å². The molecule has 0 N–H and O–H groups in total. The normalized spacial score (nSPS) is 20.2. The second kappa shape index (κ2) is 8.86. The first-order valence-corrected chi connectivity index (χ1v) is 13.2. The van der Waals surface area contributed by atoms with Gasteiger partial charge in [-0.1, -0.05) is 25.0 Å². The van der Waals surface area contributed by atoms with Gasteiger partial charge in [-0.05, 0) is 31.4 Å². The summed E-state index contributed by atoms with van der Waals surface area (Å²) in [6.45, 7) is -0.922. The molecule has 3 heterocycles. The first kappa shape index (κ1) is 22.6. The molecule has 2 aliphatic rings. The van der Waals surface area contributed by atoms with E-state index in [1.54, 1.807) is 23.1 Å². The lowest BCUT2D eigenvalue weighted by Gasteiger charge is -2.33. The van der Waals surface area contributed by atoms with Crippen LogP contribution in [0.5, 0.6) is 0 Å². The summed E-state index contributed by atoms with van der Waals surface area (Å²) < 4.78 is 35.8. The van der Waals surface area contributed by atoms with Gasteiger partial charge in [0.1, 0.15) is 17.6 Å². The van der Waals surface area contributed by atoms with Crippen LogP contribution in [0.3, 0.4) is 0 Å². The fraction of sp³-hybridized carbons (Fsp3) is 0.478. The Morgan fingerprint density at radius 2 is 1.91 bits per heavy atom. The molecule has 1 aromatic carbocycles. The molecule has 1 aliphatic heterocycles. The Morgan fingerprint density at radius 1 is 1.15 bits per heavy atom. The molecule has 2 fully saturated rings. The highest BCUT2D eigenvalue weighted by atomic mass is 32.2. The number of rotatable bonds is 6. The number of hydrogen-bond acceptors (Lipinski definition) is 8. The molecular formula is C23H25N3O7S. The Kier molecular flexibility index (Phi) is 5.88. The molecule has 10 nitrogen and oxygen atoms in total. The molecule has 180 valence electrons. The number of esters is 1. The van der Waals surface area contributed by atoms with E-state index in [0.29, 0.717) is 22.9 Å². The van der Waals surface area contributed by atoms with E-state index in [0.717, 1.165) is 30.3 Å². The van der Waals surface area contributed by atoms with Gasteiger partial charge in [-0.2, -0.15) is 0 Å². The molecule has 1 aliphatic carbocycles. The number of furan rings is 1. The fourth-order valence-electron chi connectivity index (χ4n) is 5.01. The zero-order chi connectivity index (χ0) is 23.9. The van der Waals surface area contributed by atoms with Crippen LogP contribution in [0.4, 0.5) is 0 Å². The number of amides is 1. The van der Waals surface area contributed by atoms with E-state index in [1.165, 1.54) is 6.33 Å². The van der Waals surface area contributed by atoms with Gasteiger partial charge in [-0.25, -0.2) is 13.4 Å². The molecule has 1 atom stereocenters. The summed E-state index contributed by atoms with van der Waals surface area (Å²) in [6, 6.07) is 6.70. The van der Waals surface area contributed by atoms with Gasteiger partial charge < -0.3 is 14.1 Å². The number of fused-ring (bicyclic) bond motifs is 3. The van der Waals surface area contributed by atoms with Crippen molar-refractivity contribution in [3.8, 4) is 0 Å². The summed E-state index contributed by atoms with van der Waals surface area (Å²) in [5.74, 6) is -1.16. The minimum Gasteiger partial charge on any atom is -0.454 e. The van der Waals surface area contributed by atoms with Gasteiger partial charge in [-0.3, -0.25) is 19.0 Å². The highest BCUT2D eigenvalue weighted by Crippen LogP contribution is 2.29. The zero-order valence-electron chi connectivity index (χ0n) is 18.5. The van der Waals surface area contributed by atoms with Crippen LogP contribution in [0.25, 0.3) is 22.1 Å². The lowest BCUT2D eigenvalue weighted by atomic mass is 10.1. The number of carbonyl (C=O) groups is 2. The quantitative estimate of drug-likeness (QED) is 0.480. The predicted octanol–water partition coefficient (Wildman–Crippen LogP) is 1.64. The molecule has 0 bridgehead atoms. The smallest absolute Gasteiger partial charge is 0.326 e. The van der Waals surface area contributed by atoms with Crippen LogP contribution in [0, 0.1) is 0 Å². The Balaban J connectivity index is 1.27. The molecule has 5 rings (SSSR count). The Morgan fingerprint density at radius 3 is 2.65 bits per heavy atom. The van der Waals surface area contributed by atoms with Crippen LogP contribution in [0.2, 0.25) is 0 Å². The molecule has 2 aromatic heterocycles. The van der Waals surface area contributed by atoms with Gasteiger partial charge in [0.2, 0.25) is 5.58 Å². The van der Waals surface area contributed by atoms with Crippen LogP contribution in [-0.4, -0.2) is 64.9 Å². The lowest BCUT2D eigenvalue weighted by Crippen LogP contribution is -2.48. The molecule has 34 heavy (non-hydrogen) atoms. The first-order chi connectivity index (χ1) is 16.3. The van der Waals surface area contributed by atoms with Crippen molar-refractivity contribution in [2.45, 2.75) is 50.7 Å². The van der Waals surface area contributed by atoms with Gasteiger partial charge in [0.15, 0.2) is 16.4 Å². The molecule has 1 unspecified atom stereocenters. The first-order valence-electron chi connectivity index (χ1n) is 11.4. The van der Waals surface area contributed by atoms with Crippen LogP contribution in [0.1, 0.15) is 32.1 Å². The maximum atomic E-state index is 13.0. The largest absolute Gasteiger partial charge is 0.454 e. The Hall–Kier alpha value is -3.21. The number of carbonyl (C=O) groups excluding carboxylic acids is 2. The van der Waals surface area contributed by atoms with Crippen molar-refractivity contribution in [2.24, 2.45) is 0 Å². The highest BCUT2D eigenvalue weighted by Gasteiger charge is 2.39. The average Bonchev–Trinajstić information content (AvgIpc) is 3.54. The maximum Gasteiger partial charge on any atom is 0.326 e. The number of benzene rings is 1. The van der Waals surface area contributed by atoms with Crippen molar-refractivity contribution in [1.82, 2.24) is 14.5 Å². The second-order valence-corrected chi connectivity index (χ2v) is 11.1. The SMILES string of the molecule is O=C(Cn1cnc2c(oc3ccccc32)c1=O)OCC(=O)N(C1CCCC1)C1CCS(=O)(=O)C1. The zero-order valence-corrected chi connectivity index (χ0v) is 19.3. The van der Waals surface area contributed by atoms with Crippen LogP contribution in [0.15, 0.2) is 39.8 Å². The van der Waals surface area contributed by atoms with Gasteiger partial charge in [0, 0.05) is 17.5 Å². The van der Waals surface area contributed by atoms with Crippen molar-refractivity contribution < 1.29 is 27.2 Å². The maximum absolute atomic E-state index is 13.0. The highest BCUT2D eigenvalue weighted by molar-refractivity contribution is 7.91. The second-order valence-electron chi connectivity index (χ2n) is 8.91. The van der Waals surface area contributed by atoms with Crippen molar-refractivity contribution in [3.05, 3.63) is 40.9 Å². The third-order valence-corrected chi connectivity index (χ3v) is 8.36.